The molecule has 0 saturated carbocycles. The van der Waals surface area contributed by atoms with Crippen LogP contribution >= 0.6 is 0 Å². The van der Waals surface area contributed by atoms with Crippen LogP contribution in [0.3, 0.4) is 0 Å². The molecule has 0 unspecified atom stereocenters. The van der Waals surface area contributed by atoms with E-state index in [0.29, 0.717) is 23.0 Å². The van der Waals surface area contributed by atoms with E-state index in [-0.39, 0.29) is 6.79 Å². The van der Waals surface area contributed by atoms with Gasteiger partial charge in [0.1, 0.15) is 11.5 Å². The predicted octanol–water partition coefficient (Wildman–Crippen LogP) is 2.21. The zero-order chi connectivity index (χ0) is 15.4. The van der Waals surface area contributed by atoms with Gasteiger partial charge in [-0.25, -0.2) is 10.2 Å². The Hall–Kier alpha value is -3.22. The highest BCUT2D eigenvalue weighted by Gasteiger charge is 2.13. The first-order valence-corrected chi connectivity index (χ1v) is 6.47. The van der Waals surface area contributed by atoms with Gasteiger partial charge in [-0.3, -0.25) is 0 Å². The van der Waals surface area contributed by atoms with E-state index in [1.54, 1.807) is 42.5 Å². The van der Waals surface area contributed by atoms with Gasteiger partial charge in [-0.1, -0.05) is 0 Å². The van der Waals surface area contributed by atoms with Crippen LogP contribution in [0.5, 0.6) is 23.0 Å². The van der Waals surface area contributed by atoms with Crippen molar-refractivity contribution in [2.75, 3.05) is 6.79 Å². The fraction of sp³-hybridized carbons (Fsp3) is 0.0667. The third-order valence-corrected chi connectivity index (χ3v) is 2.85. The number of nitrogens with zero attached hydrogens (tertiary/aromatic N) is 1. The van der Waals surface area contributed by atoms with Crippen LogP contribution in [-0.2, 0) is 0 Å². The minimum atomic E-state index is -0.709. The van der Waals surface area contributed by atoms with Gasteiger partial charge in [0.05, 0.1) is 6.21 Å². The van der Waals surface area contributed by atoms with E-state index in [0.717, 1.165) is 5.56 Å². The number of benzene rings is 2. The Labute approximate surface area is 126 Å². The average Bonchev–Trinajstić information content (AvgIpc) is 2.96. The number of nitrogens with two attached hydrogens (primary N) is 1. The smallest absolute Gasteiger partial charge is 0.332 e. The summed E-state index contributed by atoms with van der Waals surface area (Å²) in [6.07, 6.45) is 1.48. The Morgan fingerprint density at radius 3 is 2.64 bits per heavy atom. The maximum atomic E-state index is 10.5. The van der Waals surface area contributed by atoms with E-state index >= 15 is 0 Å². The molecule has 2 aromatic carbocycles. The van der Waals surface area contributed by atoms with E-state index in [9.17, 15) is 4.79 Å². The number of ether oxygens (including phenoxy) is 3. The summed E-state index contributed by atoms with van der Waals surface area (Å²) in [5.41, 5.74) is 7.82. The van der Waals surface area contributed by atoms with Gasteiger partial charge in [0.15, 0.2) is 11.5 Å². The van der Waals surface area contributed by atoms with Crippen molar-refractivity contribution in [2.24, 2.45) is 10.8 Å². The first-order valence-electron chi connectivity index (χ1n) is 6.47. The van der Waals surface area contributed by atoms with Gasteiger partial charge in [-0.2, -0.15) is 5.10 Å². The summed E-state index contributed by atoms with van der Waals surface area (Å²) in [6, 6.07) is 11.8. The zero-order valence-electron chi connectivity index (χ0n) is 11.5. The number of fused-ring (bicyclic) bond motifs is 1. The Kier molecular flexibility index (Phi) is 3.78. The van der Waals surface area contributed by atoms with Crippen LogP contribution in [0.2, 0.25) is 0 Å². The van der Waals surface area contributed by atoms with Crippen molar-refractivity contribution < 1.29 is 19.0 Å². The van der Waals surface area contributed by atoms with Crippen molar-refractivity contribution in [2.45, 2.75) is 0 Å². The predicted molar refractivity (Wildman–Crippen MR) is 79.4 cm³/mol. The van der Waals surface area contributed by atoms with Gasteiger partial charge in [-0.05, 0) is 42.0 Å². The van der Waals surface area contributed by atoms with Gasteiger partial charge in [0.25, 0.3) is 0 Å². The molecule has 0 saturated heterocycles. The molecule has 22 heavy (non-hydrogen) atoms. The number of nitrogens with one attached hydrogen (secondary N) is 1. The summed E-state index contributed by atoms with van der Waals surface area (Å²) in [4.78, 5) is 10.5. The third kappa shape index (κ3) is 3.26. The van der Waals surface area contributed by atoms with Crippen LogP contribution in [0, 0.1) is 0 Å². The fourth-order valence-corrected chi connectivity index (χ4v) is 1.87. The minimum absolute atomic E-state index is 0.228. The highest BCUT2D eigenvalue weighted by atomic mass is 16.7. The lowest BCUT2D eigenvalue weighted by Gasteiger charge is -2.06. The topological polar surface area (TPSA) is 95.2 Å². The average molecular weight is 299 g/mol. The summed E-state index contributed by atoms with van der Waals surface area (Å²) < 4.78 is 16.3. The van der Waals surface area contributed by atoms with Crippen molar-refractivity contribution >= 4 is 12.2 Å². The van der Waals surface area contributed by atoms with Gasteiger partial charge in [0, 0.05) is 6.07 Å². The summed E-state index contributed by atoms with van der Waals surface area (Å²) in [5, 5.41) is 3.67. The molecule has 0 aliphatic carbocycles. The molecule has 2 aromatic rings. The standard InChI is InChI=1S/C15H13N3O4/c16-15(19)18-17-8-10-1-3-11(4-2-10)22-12-5-6-13-14(7-12)21-9-20-13/h1-8H,9H2,(H3,16,18,19). The number of amides is 2. The fourth-order valence-electron chi connectivity index (χ4n) is 1.87. The van der Waals surface area contributed by atoms with Crippen molar-refractivity contribution in [3.05, 3.63) is 48.0 Å². The van der Waals surface area contributed by atoms with Crippen molar-refractivity contribution in [1.82, 2.24) is 5.43 Å². The molecule has 0 spiro atoms. The van der Waals surface area contributed by atoms with Crippen LogP contribution in [0.1, 0.15) is 5.56 Å². The number of urea groups is 1. The number of hydrogen-bond acceptors (Lipinski definition) is 5. The second-order valence-corrected chi connectivity index (χ2v) is 4.42. The highest BCUT2D eigenvalue weighted by molar-refractivity contribution is 5.81. The van der Waals surface area contributed by atoms with Crippen molar-refractivity contribution in [1.29, 1.82) is 0 Å². The molecule has 3 N–H and O–H groups in total. The number of rotatable bonds is 4. The van der Waals surface area contributed by atoms with Gasteiger partial charge in [0.2, 0.25) is 6.79 Å². The molecule has 3 rings (SSSR count). The lowest BCUT2D eigenvalue weighted by molar-refractivity contribution is 0.174. The summed E-state index contributed by atoms with van der Waals surface area (Å²) in [5.74, 6) is 2.69. The number of carbonyl (C=O) groups is 1. The number of hydrogen-bond donors (Lipinski definition) is 2. The SMILES string of the molecule is NC(=O)NN=Cc1ccc(Oc2ccc3c(c2)OCO3)cc1. The zero-order valence-corrected chi connectivity index (χ0v) is 11.5. The minimum Gasteiger partial charge on any atom is -0.457 e. The maximum absolute atomic E-state index is 10.5. The molecule has 1 aliphatic rings. The second-order valence-electron chi connectivity index (χ2n) is 4.42. The lowest BCUT2D eigenvalue weighted by Crippen LogP contribution is -2.24. The Morgan fingerprint density at radius 1 is 1.14 bits per heavy atom. The molecule has 2 amide bonds. The van der Waals surface area contributed by atoms with Gasteiger partial charge in [-0.15, -0.1) is 0 Å². The Morgan fingerprint density at radius 2 is 1.86 bits per heavy atom. The van der Waals surface area contributed by atoms with E-state index in [1.807, 2.05) is 0 Å². The molecule has 112 valence electrons. The highest BCUT2D eigenvalue weighted by Crippen LogP contribution is 2.36. The normalized spacial score (nSPS) is 12.4. The number of primary amides is 1. The molecule has 1 heterocycles. The van der Waals surface area contributed by atoms with E-state index < -0.39 is 6.03 Å². The van der Waals surface area contributed by atoms with Crippen molar-refractivity contribution in [3.63, 3.8) is 0 Å². The summed E-state index contributed by atoms with van der Waals surface area (Å²) in [6.45, 7) is 0.228. The van der Waals surface area contributed by atoms with Crippen LogP contribution in [-0.4, -0.2) is 19.0 Å². The first-order chi connectivity index (χ1) is 10.7. The second kappa shape index (κ2) is 6.04. The molecule has 7 heteroatoms. The lowest BCUT2D eigenvalue weighted by atomic mass is 10.2. The van der Waals surface area contributed by atoms with E-state index in [4.69, 9.17) is 19.9 Å². The monoisotopic (exact) mass is 299 g/mol. The largest absolute Gasteiger partial charge is 0.457 e. The molecule has 0 radical (unpaired) electrons. The van der Waals surface area contributed by atoms with Crippen molar-refractivity contribution in [3.8, 4) is 23.0 Å². The molecule has 0 atom stereocenters. The quantitative estimate of drug-likeness (QED) is 0.668. The molecule has 0 fully saturated rings. The van der Waals surface area contributed by atoms with E-state index in [1.165, 1.54) is 6.21 Å². The van der Waals surface area contributed by atoms with Gasteiger partial charge >= 0.3 is 6.03 Å². The van der Waals surface area contributed by atoms with Gasteiger partial charge < -0.3 is 19.9 Å². The third-order valence-electron chi connectivity index (χ3n) is 2.85. The van der Waals surface area contributed by atoms with Crippen LogP contribution < -0.4 is 25.4 Å². The first kappa shape index (κ1) is 13.7. The summed E-state index contributed by atoms with van der Waals surface area (Å²) in [7, 11) is 0. The summed E-state index contributed by atoms with van der Waals surface area (Å²) >= 11 is 0. The molecular weight excluding hydrogens is 286 g/mol. The molecule has 1 aliphatic heterocycles. The number of hydrazone groups is 1. The molecule has 7 nitrogen and oxygen atoms in total. The Bertz CT molecular complexity index is 713. The maximum Gasteiger partial charge on any atom is 0.332 e. The Balaban J connectivity index is 1.66. The van der Waals surface area contributed by atoms with Crippen LogP contribution in [0.25, 0.3) is 0 Å². The molecule has 0 bridgehead atoms. The molecular formula is C15H13N3O4. The molecule has 0 aromatic heterocycles. The van der Waals surface area contributed by atoms with E-state index in [2.05, 4.69) is 10.5 Å². The van der Waals surface area contributed by atoms with Crippen LogP contribution in [0.4, 0.5) is 4.79 Å². The number of carbonyl (C=O) groups excluding carboxylic acids is 1. The van der Waals surface area contributed by atoms with Crippen LogP contribution in [0.15, 0.2) is 47.6 Å².